The highest BCUT2D eigenvalue weighted by atomic mass is 16.5. The molecule has 0 amide bonds. The van der Waals surface area contributed by atoms with Crippen molar-refractivity contribution in [3.63, 3.8) is 0 Å². The summed E-state index contributed by atoms with van der Waals surface area (Å²) >= 11 is 0. The van der Waals surface area contributed by atoms with Gasteiger partial charge in [0.1, 0.15) is 5.75 Å². The summed E-state index contributed by atoms with van der Waals surface area (Å²) in [6, 6.07) is 9.16. The summed E-state index contributed by atoms with van der Waals surface area (Å²) in [6.45, 7) is 0. The molecule has 0 aliphatic rings. The molecule has 0 saturated heterocycles. The third-order valence-corrected chi connectivity index (χ3v) is 3.17. The molecule has 1 aromatic carbocycles. The number of hydrogen-bond acceptors (Lipinski definition) is 4. The second-order valence-corrected chi connectivity index (χ2v) is 4.77. The number of ether oxygens (including phenoxy) is 1. The molecule has 0 saturated carbocycles. The van der Waals surface area contributed by atoms with Crippen LogP contribution in [0.4, 0.5) is 0 Å². The molecule has 0 radical (unpaired) electrons. The molecule has 0 fully saturated rings. The van der Waals surface area contributed by atoms with E-state index in [1.807, 2.05) is 24.3 Å². The first-order valence-corrected chi connectivity index (χ1v) is 6.59. The molecule has 6 nitrogen and oxygen atoms in total. The van der Waals surface area contributed by atoms with E-state index in [1.54, 1.807) is 19.4 Å². The van der Waals surface area contributed by atoms with Crippen LogP contribution in [0, 0.1) is 0 Å². The number of aliphatic carboxylic acids is 1. The topological polar surface area (TPSA) is 96.5 Å². The fraction of sp³-hybridized carbons (Fsp3) is 0.188. The van der Waals surface area contributed by atoms with Crippen molar-refractivity contribution in [2.24, 2.45) is 0 Å². The van der Waals surface area contributed by atoms with E-state index >= 15 is 0 Å². The van der Waals surface area contributed by atoms with Gasteiger partial charge in [0.05, 0.1) is 19.2 Å². The average Bonchev–Trinajstić information content (AvgIpc) is 2.96. The van der Waals surface area contributed by atoms with Crippen LogP contribution in [0.5, 0.6) is 5.75 Å². The number of H-pyrrole nitrogens is 1. The fourth-order valence-corrected chi connectivity index (χ4v) is 2.00. The molecule has 1 heterocycles. The lowest BCUT2D eigenvalue weighted by atomic mass is 10.1. The molecule has 0 aliphatic heterocycles. The Morgan fingerprint density at radius 1 is 1.14 bits per heavy atom. The first-order valence-electron chi connectivity index (χ1n) is 6.59. The molecule has 0 bridgehead atoms. The highest BCUT2D eigenvalue weighted by Crippen LogP contribution is 2.16. The van der Waals surface area contributed by atoms with Gasteiger partial charge in [0, 0.05) is 6.20 Å². The van der Waals surface area contributed by atoms with E-state index in [0.717, 1.165) is 16.9 Å². The van der Waals surface area contributed by atoms with Crippen LogP contribution in [0.15, 0.2) is 36.5 Å². The largest absolute Gasteiger partial charge is 0.497 e. The molecule has 0 spiro atoms. The normalized spacial score (nSPS) is 10.2. The van der Waals surface area contributed by atoms with Gasteiger partial charge < -0.3 is 14.8 Å². The van der Waals surface area contributed by atoms with Crippen LogP contribution in [0.2, 0.25) is 0 Å². The van der Waals surface area contributed by atoms with Crippen LogP contribution >= 0.6 is 0 Å². The Morgan fingerprint density at radius 3 is 2.41 bits per heavy atom. The Morgan fingerprint density at radius 2 is 1.82 bits per heavy atom. The van der Waals surface area contributed by atoms with Gasteiger partial charge in [0.15, 0.2) is 5.78 Å². The molecule has 6 heteroatoms. The van der Waals surface area contributed by atoms with E-state index < -0.39 is 24.0 Å². The maximum Gasteiger partial charge on any atom is 0.372 e. The SMILES string of the molecule is COc1ccc(Cc2c[nH]c(C(=O)CC(=O)C(=O)O)c2)cc1. The second kappa shape index (κ2) is 6.71. The molecular weight excluding hydrogens is 286 g/mol. The number of carboxylic acids is 1. The molecule has 2 N–H and O–H groups in total. The lowest BCUT2D eigenvalue weighted by molar-refractivity contribution is -0.148. The highest BCUT2D eigenvalue weighted by Gasteiger charge is 2.18. The van der Waals surface area contributed by atoms with Crippen molar-refractivity contribution in [1.82, 2.24) is 4.98 Å². The van der Waals surface area contributed by atoms with Gasteiger partial charge in [0.25, 0.3) is 0 Å². The molecule has 2 aromatic rings. The number of methoxy groups -OCH3 is 1. The van der Waals surface area contributed by atoms with Crippen LogP contribution in [-0.2, 0) is 16.0 Å². The third kappa shape index (κ3) is 3.82. The minimum Gasteiger partial charge on any atom is -0.497 e. The first kappa shape index (κ1) is 15.5. The Bertz CT molecular complexity index is 700. The number of carbonyl (C=O) groups is 3. The monoisotopic (exact) mass is 301 g/mol. The summed E-state index contributed by atoms with van der Waals surface area (Å²) in [4.78, 5) is 36.0. The zero-order valence-corrected chi connectivity index (χ0v) is 12.0. The van der Waals surface area contributed by atoms with Gasteiger partial charge in [-0.05, 0) is 35.7 Å². The number of carboxylic acid groups (broad SMARTS) is 1. The second-order valence-electron chi connectivity index (χ2n) is 4.77. The van der Waals surface area contributed by atoms with Crippen LogP contribution in [0.1, 0.15) is 28.0 Å². The Hall–Kier alpha value is -2.89. The van der Waals surface area contributed by atoms with Crippen LogP contribution < -0.4 is 4.74 Å². The quantitative estimate of drug-likeness (QED) is 0.462. The molecule has 1 aromatic heterocycles. The minimum atomic E-state index is -1.60. The van der Waals surface area contributed by atoms with Gasteiger partial charge in [-0.25, -0.2) is 4.79 Å². The van der Waals surface area contributed by atoms with Crippen molar-refractivity contribution in [2.45, 2.75) is 12.8 Å². The molecule has 0 atom stereocenters. The van der Waals surface area contributed by atoms with Crippen molar-refractivity contribution in [2.75, 3.05) is 7.11 Å². The van der Waals surface area contributed by atoms with E-state index in [2.05, 4.69) is 4.98 Å². The summed E-state index contributed by atoms with van der Waals surface area (Å²) in [7, 11) is 1.59. The number of ketones is 2. The predicted octanol–water partition coefficient (Wildman–Crippen LogP) is 1.84. The van der Waals surface area contributed by atoms with Crippen molar-refractivity contribution in [3.8, 4) is 5.75 Å². The van der Waals surface area contributed by atoms with Gasteiger partial charge >= 0.3 is 5.97 Å². The number of benzene rings is 1. The molecule has 0 unspecified atom stereocenters. The van der Waals surface area contributed by atoms with Gasteiger partial charge in [-0.1, -0.05) is 12.1 Å². The van der Waals surface area contributed by atoms with Crippen molar-refractivity contribution >= 4 is 17.5 Å². The van der Waals surface area contributed by atoms with Crippen molar-refractivity contribution in [1.29, 1.82) is 0 Å². The van der Waals surface area contributed by atoms with Crippen molar-refractivity contribution < 1.29 is 24.2 Å². The van der Waals surface area contributed by atoms with E-state index in [0.29, 0.717) is 6.42 Å². The fourth-order valence-electron chi connectivity index (χ4n) is 2.00. The maximum absolute atomic E-state index is 11.8. The number of Topliss-reactive ketones (excluding diaryl/α,β-unsaturated/α-hetero) is 2. The lowest BCUT2D eigenvalue weighted by Crippen LogP contribution is -2.17. The summed E-state index contributed by atoms with van der Waals surface area (Å²) in [5.74, 6) is -2.48. The number of nitrogens with one attached hydrogen (secondary N) is 1. The number of aromatic nitrogens is 1. The summed E-state index contributed by atoms with van der Waals surface area (Å²) in [5, 5.41) is 8.50. The molecular formula is C16H15NO5. The molecule has 0 aliphatic carbocycles. The van der Waals surface area contributed by atoms with Crippen molar-refractivity contribution in [3.05, 3.63) is 53.3 Å². The number of hydrogen-bond donors (Lipinski definition) is 2. The Balaban J connectivity index is 2.02. The van der Waals surface area contributed by atoms with Crippen LogP contribution in [0.25, 0.3) is 0 Å². The number of aromatic amines is 1. The predicted molar refractivity (Wildman–Crippen MR) is 78.2 cm³/mol. The van der Waals surface area contributed by atoms with E-state index in [9.17, 15) is 14.4 Å². The molecule has 22 heavy (non-hydrogen) atoms. The van der Waals surface area contributed by atoms with Gasteiger partial charge in [0.2, 0.25) is 5.78 Å². The van der Waals surface area contributed by atoms with Gasteiger partial charge in [-0.2, -0.15) is 0 Å². The number of carbonyl (C=O) groups excluding carboxylic acids is 2. The lowest BCUT2D eigenvalue weighted by Gasteiger charge is -2.01. The standard InChI is InChI=1S/C16H15NO5/c1-22-12-4-2-10(3-5-12)6-11-7-13(17-9-11)14(18)8-15(19)16(20)21/h2-5,7,9,17H,6,8H2,1H3,(H,20,21). The first-order chi connectivity index (χ1) is 10.5. The number of rotatable bonds is 7. The Labute approximate surface area is 126 Å². The Kier molecular flexibility index (Phi) is 4.73. The molecule has 114 valence electrons. The van der Waals surface area contributed by atoms with E-state index in [-0.39, 0.29) is 5.69 Å². The minimum absolute atomic E-state index is 0.234. The average molecular weight is 301 g/mol. The maximum atomic E-state index is 11.8. The zero-order chi connectivity index (χ0) is 16.1. The van der Waals surface area contributed by atoms with Gasteiger partial charge in [-0.3, -0.25) is 9.59 Å². The summed E-state index contributed by atoms with van der Waals surface area (Å²) in [6.07, 6.45) is 1.64. The smallest absolute Gasteiger partial charge is 0.372 e. The summed E-state index contributed by atoms with van der Waals surface area (Å²) in [5.41, 5.74) is 2.15. The zero-order valence-electron chi connectivity index (χ0n) is 12.0. The van der Waals surface area contributed by atoms with E-state index in [4.69, 9.17) is 9.84 Å². The summed E-state index contributed by atoms with van der Waals surface area (Å²) < 4.78 is 5.08. The van der Waals surface area contributed by atoms with E-state index in [1.165, 1.54) is 0 Å². The molecule has 2 rings (SSSR count). The van der Waals surface area contributed by atoms with Gasteiger partial charge in [-0.15, -0.1) is 0 Å². The highest BCUT2D eigenvalue weighted by molar-refractivity contribution is 6.37. The third-order valence-electron chi connectivity index (χ3n) is 3.17. The van der Waals surface area contributed by atoms with Crippen LogP contribution in [0.3, 0.4) is 0 Å². The van der Waals surface area contributed by atoms with Crippen LogP contribution in [-0.4, -0.2) is 34.7 Å².